The van der Waals surface area contributed by atoms with Crippen molar-refractivity contribution in [2.45, 2.75) is 23.8 Å². The minimum Gasteiger partial charge on any atom is -0.396 e. The first-order valence-electron chi connectivity index (χ1n) is 5.39. The van der Waals surface area contributed by atoms with E-state index in [4.69, 9.17) is 10.8 Å². The molecule has 1 aromatic carbocycles. The number of benzene rings is 1. The molecule has 0 heterocycles. The van der Waals surface area contributed by atoms with Gasteiger partial charge in [-0.15, -0.1) is 11.8 Å². The number of halogens is 1. The molecule has 0 aliphatic heterocycles. The average Bonchev–Trinajstić information content (AvgIpc) is 2.26. The van der Waals surface area contributed by atoms with E-state index in [1.165, 1.54) is 12.1 Å². The molecule has 4 heteroatoms. The van der Waals surface area contributed by atoms with Crippen molar-refractivity contribution in [3.63, 3.8) is 0 Å². The van der Waals surface area contributed by atoms with Crippen molar-refractivity contribution in [3.8, 4) is 0 Å². The summed E-state index contributed by atoms with van der Waals surface area (Å²) in [7, 11) is 0. The van der Waals surface area contributed by atoms with E-state index in [1.807, 2.05) is 13.0 Å². The van der Waals surface area contributed by atoms with Gasteiger partial charge in [0.15, 0.2) is 0 Å². The molecule has 0 bridgehead atoms. The standard InChI is InChI=1S/C12H18FNOS/c1-9(5-6-15)16-12(8-14)10-3-2-4-11(13)7-10/h2-4,7,9,12,15H,5-6,8,14H2,1H3. The van der Waals surface area contributed by atoms with Gasteiger partial charge in [-0.1, -0.05) is 19.1 Å². The molecular weight excluding hydrogens is 225 g/mol. The Labute approximate surface area is 100 Å². The number of aliphatic hydroxyl groups excluding tert-OH is 1. The van der Waals surface area contributed by atoms with Crippen LogP contribution in [0.4, 0.5) is 4.39 Å². The fraction of sp³-hybridized carbons (Fsp3) is 0.500. The second-order valence-corrected chi connectivity index (χ2v) is 5.38. The lowest BCUT2D eigenvalue weighted by Gasteiger charge is -2.19. The lowest BCUT2D eigenvalue weighted by molar-refractivity contribution is 0.289. The van der Waals surface area contributed by atoms with E-state index >= 15 is 0 Å². The SMILES string of the molecule is CC(CCO)SC(CN)c1cccc(F)c1. The minimum absolute atomic E-state index is 0.0947. The highest BCUT2D eigenvalue weighted by Crippen LogP contribution is 2.32. The second-order valence-electron chi connectivity index (χ2n) is 3.74. The maximum atomic E-state index is 13.1. The maximum Gasteiger partial charge on any atom is 0.123 e. The van der Waals surface area contributed by atoms with Crippen LogP contribution in [-0.2, 0) is 0 Å². The maximum absolute atomic E-state index is 13.1. The molecule has 3 N–H and O–H groups in total. The predicted octanol–water partition coefficient (Wildman–Crippen LogP) is 2.33. The Morgan fingerprint density at radius 2 is 2.25 bits per heavy atom. The van der Waals surface area contributed by atoms with Gasteiger partial charge in [0.1, 0.15) is 5.82 Å². The van der Waals surface area contributed by atoms with E-state index in [0.29, 0.717) is 11.8 Å². The Bertz CT molecular complexity index is 322. The third kappa shape index (κ3) is 4.12. The molecule has 2 nitrogen and oxygen atoms in total. The van der Waals surface area contributed by atoms with Crippen molar-refractivity contribution in [1.29, 1.82) is 0 Å². The fourth-order valence-electron chi connectivity index (χ4n) is 1.51. The highest BCUT2D eigenvalue weighted by Gasteiger charge is 2.14. The third-order valence-electron chi connectivity index (χ3n) is 2.37. The van der Waals surface area contributed by atoms with E-state index in [9.17, 15) is 4.39 Å². The highest BCUT2D eigenvalue weighted by molar-refractivity contribution is 8.00. The second kappa shape index (κ2) is 6.89. The third-order valence-corrected chi connectivity index (χ3v) is 3.86. The number of thioether (sulfide) groups is 1. The van der Waals surface area contributed by atoms with Crippen LogP contribution in [0.3, 0.4) is 0 Å². The normalized spacial score (nSPS) is 14.8. The lowest BCUT2D eigenvalue weighted by atomic mass is 10.1. The topological polar surface area (TPSA) is 46.2 Å². The molecule has 90 valence electrons. The van der Waals surface area contributed by atoms with E-state index in [0.717, 1.165) is 12.0 Å². The van der Waals surface area contributed by atoms with Crippen LogP contribution < -0.4 is 5.73 Å². The van der Waals surface area contributed by atoms with Gasteiger partial charge in [-0.25, -0.2) is 4.39 Å². The Morgan fingerprint density at radius 1 is 1.50 bits per heavy atom. The summed E-state index contributed by atoms with van der Waals surface area (Å²) in [6, 6.07) is 6.54. The quantitative estimate of drug-likeness (QED) is 0.806. The van der Waals surface area contributed by atoms with Crippen LogP contribution in [0.1, 0.15) is 24.2 Å². The summed E-state index contributed by atoms with van der Waals surface area (Å²) in [6.45, 7) is 2.70. The molecule has 1 rings (SSSR count). The molecule has 0 aliphatic carbocycles. The fourth-order valence-corrected chi connectivity index (χ4v) is 2.72. The number of hydrogen-bond donors (Lipinski definition) is 2. The molecule has 16 heavy (non-hydrogen) atoms. The molecule has 2 atom stereocenters. The van der Waals surface area contributed by atoms with E-state index in [-0.39, 0.29) is 17.7 Å². The largest absolute Gasteiger partial charge is 0.396 e. The molecule has 0 radical (unpaired) electrons. The summed E-state index contributed by atoms with van der Waals surface area (Å²) in [4.78, 5) is 0. The van der Waals surface area contributed by atoms with Gasteiger partial charge in [-0.3, -0.25) is 0 Å². The van der Waals surface area contributed by atoms with Crippen LogP contribution >= 0.6 is 11.8 Å². The summed E-state index contributed by atoms with van der Waals surface area (Å²) in [6.07, 6.45) is 0.733. The number of aliphatic hydroxyl groups is 1. The van der Waals surface area contributed by atoms with Gasteiger partial charge >= 0.3 is 0 Å². The van der Waals surface area contributed by atoms with Crippen LogP contribution in [0.2, 0.25) is 0 Å². The van der Waals surface area contributed by atoms with Crippen LogP contribution in [0, 0.1) is 5.82 Å². The van der Waals surface area contributed by atoms with Gasteiger partial charge < -0.3 is 10.8 Å². The Hall–Kier alpha value is -0.580. The lowest BCUT2D eigenvalue weighted by Crippen LogP contribution is -2.13. The van der Waals surface area contributed by atoms with E-state index in [2.05, 4.69) is 0 Å². The Morgan fingerprint density at radius 3 is 2.81 bits per heavy atom. The van der Waals surface area contributed by atoms with Crippen molar-refractivity contribution >= 4 is 11.8 Å². The molecule has 0 saturated carbocycles. The van der Waals surface area contributed by atoms with Crippen LogP contribution in [-0.4, -0.2) is 23.5 Å². The molecule has 2 unspecified atom stereocenters. The van der Waals surface area contributed by atoms with Crippen molar-refractivity contribution in [1.82, 2.24) is 0 Å². The van der Waals surface area contributed by atoms with Crippen LogP contribution in [0.25, 0.3) is 0 Å². The Balaban J connectivity index is 2.67. The minimum atomic E-state index is -0.230. The van der Waals surface area contributed by atoms with Gasteiger partial charge in [0, 0.05) is 23.7 Å². The molecule has 0 amide bonds. The smallest absolute Gasteiger partial charge is 0.123 e. The first-order chi connectivity index (χ1) is 7.67. The van der Waals surface area contributed by atoms with Gasteiger partial charge in [-0.05, 0) is 24.1 Å². The molecular formula is C12H18FNOS. The molecule has 1 aromatic rings. The summed E-state index contributed by atoms with van der Waals surface area (Å²) < 4.78 is 13.1. The highest BCUT2D eigenvalue weighted by atomic mass is 32.2. The first kappa shape index (κ1) is 13.5. The van der Waals surface area contributed by atoms with E-state index < -0.39 is 0 Å². The molecule has 0 aliphatic rings. The van der Waals surface area contributed by atoms with Gasteiger partial charge in [-0.2, -0.15) is 0 Å². The predicted molar refractivity (Wildman–Crippen MR) is 67.0 cm³/mol. The summed E-state index contributed by atoms with van der Waals surface area (Å²) >= 11 is 1.68. The van der Waals surface area contributed by atoms with Crippen molar-refractivity contribution < 1.29 is 9.50 Å². The van der Waals surface area contributed by atoms with Crippen molar-refractivity contribution in [3.05, 3.63) is 35.6 Å². The zero-order valence-electron chi connectivity index (χ0n) is 9.40. The number of nitrogens with two attached hydrogens (primary N) is 1. The summed E-state index contributed by atoms with van der Waals surface area (Å²) in [5.74, 6) is -0.230. The van der Waals surface area contributed by atoms with Crippen LogP contribution in [0.15, 0.2) is 24.3 Å². The monoisotopic (exact) mass is 243 g/mol. The molecule has 0 fully saturated rings. The molecule has 0 saturated heterocycles. The zero-order chi connectivity index (χ0) is 12.0. The number of rotatable bonds is 6. The van der Waals surface area contributed by atoms with Crippen LogP contribution in [0.5, 0.6) is 0 Å². The van der Waals surface area contributed by atoms with Gasteiger partial charge in [0.05, 0.1) is 0 Å². The van der Waals surface area contributed by atoms with Crippen molar-refractivity contribution in [2.75, 3.05) is 13.2 Å². The van der Waals surface area contributed by atoms with Crippen molar-refractivity contribution in [2.24, 2.45) is 5.73 Å². The first-order valence-corrected chi connectivity index (χ1v) is 6.33. The number of hydrogen-bond acceptors (Lipinski definition) is 3. The molecule has 0 spiro atoms. The molecule has 0 aromatic heterocycles. The Kier molecular flexibility index (Phi) is 5.80. The summed E-state index contributed by atoms with van der Waals surface area (Å²) in [5.41, 5.74) is 6.61. The van der Waals surface area contributed by atoms with Gasteiger partial charge in [0.2, 0.25) is 0 Å². The van der Waals surface area contributed by atoms with Gasteiger partial charge in [0.25, 0.3) is 0 Å². The zero-order valence-corrected chi connectivity index (χ0v) is 10.2. The van der Waals surface area contributed by atoms with E-state index in [1.54, 1.807) is 17.8 Å². The average molecular weight is 243 g/mol. The summed E-state index contributed by atoms with van der Waals surface area (Å²) in [5, 5.41) is 9.25.